The van der Waals surface area contributed by atoms with Crippen molar-refractivity contribution in [1.29, 1.82) is 0 Å². The lowest BCUT2D eigenvalue weighted by atomic mass is 10.1. The summed E-state index contributed by atoms with van der Waals surface area (Å²) in [5.41, 5.74) is 7.30. The number of hydrogen-bond acceptors (Lipinski definition) is 6. The van der Waals surface area contributed by atoms with E-state index in [1.54, 1.807) is 12.1 Å². The monoisotopic (exact) mass is 437 g/mol. The fourth-order valence-electron chi connectivity index (χ4n) is 3.21. The van der Waals surface area contributed by atoms with E-state index >= 15 is 0 Å². The average molecular weight is 438 g/mol. The van der Waals surface area contributed by atoms with Crippen molar-refractivity contribution in [2.75, 3.05) is 5.73 Å². The number of nitrogens with two attached hydrogens (primary N) is 1. The van der Waals surface area contributed by atoms with Crippen LogP contribution >= 0.6 is 11.6 Å². The lowest BCUT2D eigenvalue weighted by molar-refractivity contribution is 0.611. The number of pyridine rings is 2. The Morgan fingerprint density at radius 1 is 1.23 bits per heavy atom. The molecule has 0 amide bonds. The van der Waals surface area contributed by atoms with Gasteiger partial charge < -0.3 is 10.7 Å². The van der Waals surface area contributed by atoms with Crippen LogP contribution in [-0.2, 0) is 6.42 Å². The van der Waals surface area contributed by atoms with Crippen LogP contribution < -0.4 is 11.3 Å². The van der Waals surface area contributed by atoms with Gasteiger partial charge in [-0.25, -0.2) is 19.3 Å². The third-order valence-corrected chi connectivity index (χ3v) is 4.99. The summed E-state index contributed by atoms with van der Waals surface area (Å²) in [6.07, 6.45) is 6.21. The first-order valence-corrected chi connectivity index (χ1v) is 9.71. The van der Waals surface area contributed by atoms with E-state index in [1.807, 2.05) is 19.1 Å². The maximum Gasteiger partial charge on any atom is 0.264 e. The topological polar surface area (TPSA) is 115 Å². The van der Waals surface area contributed by atoms with E-state index in [9.17, 15) is 9.18 Å². The van der Waals surface area contributed by atoms with Gasteiger partial charge in [0.15, 0.2) is 11.5 Å². The van der Waals surface area contributed by atoms with Crippen LogP contribution in [0.5, 0.6) is 0 Å². The van der Waals surface area contributed by atoms with Crippen LogP contribution in [-0.4, -0.2) is 29.5 Å². The molecule has 5 rings (SSSR count). The average Bonchev–Trinajstić information content (AvgIpc) is 3.25. The lowest BCUT2D eigenvalue weighted by Gasteiger charge is -2.14. The summed E-state index contributed by atoms with van der Waals surface area (Å²) in [4.78, 5) is 31.0. The highest BCUT2D eigenvalue weighted by Crippen LogP contribution is 2.23. The molecule has 156 valence electrons. The van der Waals surface area contributed by atoms with Gasteiger partial charge in [-0.15, -0.1) is 0 Å². The summed E-state index contributed by atoms with van der Waals surface area (Å²) in [6, 6.07) is 8.36. The van der Waals surface area contributed by atoms with Crippen molar-refractivity contribution >= 4 is 39.4 Å². The van der Waals surface area contributed by atoms with E-state index in [1.165, 1.54) is 35.7 Å². The van der Waals surface area contributed by atoms with E-state index in [-0.39, 0.29) is 11.2 Å². The van der Waals surface area contributed by atoms with Gasteiger partial charge in [0.1, 0.15) is 23.3 Å². The number of halogens is 2. The number of rotatable bonds is 2. The quantitative estimate of drug-likeness (QED) is 0.435. The molecule has 0 saturated heterocycles. The maximum absolute atomic E-state index is 14.0. The summed E-state index contributed by atoms with van der Waals surface area (Å²) in [6.45, 7) is 1.91. The second-order valence-corrected chi connectivity index (χ2v) is 6.93. The molecular weight excluding hydrogens is 421 g/mol. The number of hydrogen-bond donors (Lipinski definition) is 2. The molecule has 0 fully saturated rings. The van der Waals surface area contributed by atoms with Crippen LogP contribution in [0, 0.1) is 5.82 Å². The Morgan fingerprint density at radius 2 is 2.06 bits per heavy atom. The summed E-state index contributed by atoms with van der Waals surface area (Å²) in [5.74, 6) is -0.0595. The summed E-state index contributed by atoms with van der Waals surface area (Å²) < 4.78 is 15.4. The van der Waals surface area contributed by atoms with Gasteiger partial charge in [0.2, 0.25) is 0 Å². The molecule has 0 aliphatic rings. The number of aromatic amines is 1. The molecule has 31 heavy (non-hydrogen) atoms. The number of imidazole rings is 1. The molecule has 4 heterocycles. The van der Waals surface area contributed by atoms with E-state index < -0.39 is 5.82 Å². The Bertz CT molecular complexity index is 1450. The lowest BCUT2D eigenvalue weighted by Crippen LogP contribution is -2.23. The molecule has 0 atom stereocenters. The molecule has 5 aromatic rings. The Balaban J connectivity index is 0.000000192. The second-order valence-electron chi connectivity index (χ2n) is 6.52. The van der Waals surface area contributed by atoms with E-state index in [0.717, 1.165) is 5.39 Å². The fraction of sp³-hybridized carbons (Fsp3) is 0.0952. The van der Waals surface area contributed by atoms with Gasteiger partial charge in [0, 0.05) is 11.9 Å². The molecule has 0 bridgehead atoms. The molecule has 10 heteroatoms. The highest BCUT2D eigenvalue weighted by atomic mass is 35.5. The summed E-state index contributed by atoms with van der Waals surface area (Å²) >= 11 is 6.13. The number of nitrogens with one attached hydrogen (secondary N) is 1. The van der Waals surface area contributed by atoms with Crippen LogP contribution in [0.25, 0.3) is 27.6 Å². The van der Waals surface area contributed by atoms with Gasteiger partial charge in [-0.05, 0) is 30.0 Å². The van der Waals surface area contributed by atoms with Crippen molar-refractivity contribution in [1.82, 2.24) is 29.5 Å². The zero-order chi connectivity index (χ0) is 22.0. The number of H-pyrrole nitrogens is 1. The molecule has 3 N–H and O–H groups in total. The van der Waals surface area contributed by atoms with Crippen molar-refractivity contribution in [3.05, 3.63) is 82.3 Å². The number of fused-ring (bicyclic) bond motifs is 2. The van der Waals surface area contributed by atoms with Crippen LogP contribution in [0.15, 0.2) is 60.2 Å². The standard InChI is InChI=1S/C16H12ClFN2O.C5H5N5/c1-2-11-8-10-4-3-5-12(17)15(10)16(21)20(11)14-9-19-7-6-13(14)18;6-4-3-5(9-1-7-3)10-2-8-4/h3-9H,2H2,1H3;1-2H,(H3,6,7,8,9,10). The summed E-state index contributed by atoms with van der Waals surface area (Å²) in [7, 11) is 0. The van der Waals surface area contributed by atoms with Gasteiger partial charge in [0.25, 0.3) is 5.56 Å². The van der Waals surface area contributed by atoms with Gasteiger partial charge >= 0.3 is 0 Å². The van der Waals surface area contributed by atoms with Crippen LogP contribution in [0.1, 0.15) is 12.6 Å². The molecule has 4 aromatic heterocycles. The molecule has 0 radical (unpaired) electrons. The van der Waals surface area contributed by atoms with E-state index in [4.69, 9.17) is 17.3 Å². The normalized spacial score (nSPS) is 10.8. The minimum absolute atomic E-state index is 0.140. The smallest absolute Gasteiger partial charge is 0.264 e. The third-order valence-electron chi connectivity index (χ3n) is 4.68. The Hall–Kier alpha value is -3.85. The SMILES string of the molecule is CCc1cc2cccc(Cl)c2c(=O)n1-c1cnccc1F.Nc1ncnc2nc[nH]c12. The van der Waals surface area contributed by atoms with E-state index in [0.29, 0.717) is 39.5 Å². The number of anilines is 1. The zero-order valence-electron chi connectivity index (χ0n) is 16.4. The predicted molar refractivity (Wildman–Crippen MR) is 118 cm³/mol. The van der Waals surface area contributed by atoms with Crippen LogP contribution in [0.4, 0.5) is 10.2 Å². The number of nitrogens with zero attached hydrogens (tertiary/aromatic N) is 5. The van der Waals surface area contributed by atoms with E-state index in [2.05, 4.69) is 24.9 Å². The first-order chi connectivity index (χ1) is 15.0. The van der Waals surface area contributed by atoms with Crippen molar-refractivity contribution in [3.63, 3.8) is 0 Å². The van der Waals surface area contributed by atoms with Gasteiger partial charge in [-0.2, -0.15) is 0 Å². The van der Waals surface area contributed by atoms with Crippen molar-refractivity contribution in [2.24, 2.45) is 0 Å². The Labute approximate surface area is 180 Å². The number of benzene rings is 1. The Kier molecular flexibility index (Phi) is 5.59. The fourth-order valence-corrected chi connectivity index (χ4v) is 3.48. The molecule has 0 spiro atoms. The van der Waals surface area contributed by atoms with Crippen LogP contribution in [0.3, 0.4) is 0 Å². The molecule has 1 aromatic carbocycles. The summed E-state index contributed by atoms with van der Waals surface area (Å²) in [5, 5.41) is 1.50. The highest BCUT2D eigenvalue weighted by Gasteiger charge is 2.15. The number of aromatic nitrogens is 6. The largest absolute Gasteiger partial charge is 0.382 e. The third kappa shape index (κ3) is 3.82. The van der Waals surface area contributed by atoms with Gasteiger partial charge in [-0.1, -0.05) is 30.7 Å². The second kappa shape index (κ2) is 8.49. The first-order valence-electron chi connectivity index (χ1n) is 9.33. The molecule has 0 aliphatic heterocycles. The molecule has 8 nitrogen and oxygen atoms in total. The molecule has 0 unspecified atom stereocenters. The predicted octanol–water partition coefficient (Wildman–Crippen LogP) is 3.68. The number of aryl methyl sites for hydroxylation is 1. The van der Waals surface area contributed by atoms with Gasteiger partial charge in [-0.3, -0.25) is 14.3 Å². The first kappa shape index (κ1) is 20.4. The minimum Gasteiger partial charge on any atom is -0.382 e. The minimum atomic E-state index is -0.492. The maximum atomic E-state index is 14.0. The zero-order valence-corrected chi connectivity index (χ0v) is 17.1. The highest BCUT2D eigenvalue weighted by molar-refractivity contribution is 6.35. The number of nitrogen functional groups attached to an aromatic ring is 1. The van der Waals surface area contributed by atoms with Crippen LogP contribution in [0.2, 0.25) is 5.02 Å². The van der Waals surface area contributed by atoms with Crippen molar-refractivity contribution in [2.45, 2.75) is 13.3 Å². The van der Waals surface area contributed by atoms with Crippen molar-refractivity contribution < 1.29 is 4.39 Å². The van der Waals surface area contributed by atoms with Crippen molar-refractivity contribution in [3.8, 4) is 5.69 Å². The Morgan fingerprint density at radius 3 is 2.81 bits per heavy atom. The molecular formula is C21H17ClFN7O. The molecule has 0 saturated carbocycles. The van der Waals surface area contributed by atoms with Gasteiger partial charge in [0.05, 0.1) is 22.9 Å². The molecule has 0 aliphatic carbocycles.